The van der Waals surface area contributed by atoms with Crippen LogP contribution in [0.15, 0.2) is 115 Å². The topological polar surface area (TPSA) is 95.1 Å². The normalized spacial score (nSPS) is 12.4. The van der Waals surface area contributed by atoms with Crippen LogP contribution in [-0.4, -0.2) is 39.4 Å². The van der Waals surface area contributed by atoms with Gasteiger partial charge in [-0.05, 0) is 69.1 Å². The van der Waals surface area contributed by atoms with Crippen LogP contribution in [0.2, 0.25) is 0 Å². The lowest BCUT2D eigenvalue weighted by Crippen LogP contribution is -2.31. The largest absolute Gasteiger partial charge is 0.497 e. The van der Waals surface area contributed by atoms with Gasteiger partial charge in [-0.25, -0.2) is 4.79 Å². The average Bonchev–Trinajstić information content (AvgIpc) is 3.48. The van der Waals surface area contributed by atoms with Gasteiger partial charge in [-0.3, -0.25) is 4.79 Å². The van der Waals surface area contributed by atoms with Crippen molar-refractivity contribution < 1.29 is 28.5 Å². The second-order valence-electron chi connectivity index (χ2n) is 12.5. The summed E-state index contributed by atoms with van der Waals surface area (Å²) < 4.78 is 22.8. The fourth-order valence-corrected chi connectivity index (χ4v) is 6.33. The van der Waals surface area contributed by atoms with Gasteiger partial charge in [0.1, 0.15) is 23.9 Å². The van der Waals surface area contributed by atoms with Gasteiger partial charge >= 0.3 is 6.09 Å². The highest BCUT2D eigenvalue weighted by atomic mass is 16.5. The monoisotopic (exact) mass is 670 g/mol. The molecule has 0 aliphatic heterocycles. The van der Waals surface area contributed by atoms with E-state index in [1.807, 2.05) is 60.7 Å². The van der Waals surface area contributed by atoms with Crippen molar-refractivity contribution in [1.82, 2.24) is 10.6 Å². The summed E-state index contributed by atoms with van der Waals surface area (Å²) in [6.45, 7) is 4.78. The molecule has 0 radical (unpaired) electrons. The van der Waals surface area contributed by atoms with E-state index in [1.54, 1.807) is 32.4 Å². The zero-order chi connectivity index (χ0) is 35.0. The lowest BCUT2D eigenvalue weighted by molar-refractivity contribution is -0.123. The minimum atomic E-state index is -0.620. The molecule has 6 rings (SSSR count). The summed E-state index contributed by atoms with van der Waals surface area (Å²) in [5, 5.41) is 5.96. The molecule has 8 nitrogen and oxygen atoms in total. The van der Waals surface area contributed by atoms with E-state index in [9.17, 15) is 9.59 Å². The molecule has 2 N–H and O–H groups in total. The van der Waals surface area contributed by atoms with Crippen LogP contribution >= 0.6 is 0 Å². The number of methoxy groups -OCH3 is 2. The SMILES string of the molecule is COc1ccc(C(NC(=O)OCC2c3ccccc3-c3ccccc32)c2ccc(OCC(=O)NCc3ccc(C(C)C)cc3)cc2)c(OC)c1. The first-order valence-electron chi connectivity index (χ1n) is 16.8. The molecule has 5 aromatic carbocycles. The first-order valence-corrected chi connectivity index (χ1v) is 16.8. The molecule has 8 heteroatoms. The molecular formula is C42H42N2O6. The minimum absolute atomic E-state index is 0.0684. The standard InChI is InChI=1S/C42H42N2O6/c1-27(2)29-15-13-28(14-16-29)24-43-40(45)26-49-31-19-17-30(18-20-31)41(37-22-21-32(47-3)23-39(37)48-4)44-42(46)50-25-38-35-11-7-5-9-33(35)34-10-6-8-12-36(34)38/h5-23,27,38,41H,24-26H2,1-4H3,(H,43,45)(H,44,46). The van der Waals surface area contributed by atoms with E-state index >= 15 is 0 Å². The van der Waals surface area contributed by atoms with Crippen LogP contribution in [0.5, 0.6) is 17.2 Å². The molecule has 5 aromatic rings. The lowest BCUT2D eigenvalue weighted by atomic mass is 9.97. The molecule has 1 atom stereocenters. The highest BCUT2D eigenvalue weighted by molar-refractivity contribution is 5.79. The Hall–Kier alpha value is -5.76. The fraction of sp³-hybridized carbons (Fsp3) is 0.238. The van der Waals surface area contributed by atoms with Crippen molar-refractivity contribution in [3.63, 3.8) is 0 Å². The first-order chi connectivity index (χ1) is 24.3. The van der Waals surface area contributed by atoms with E-state index in [1.165, 1.54) is 5.56 Å². The number of carbonyl (C=O) groups is 2. The van der Waals surface area contributed by atoms with Gasteiger partial charge in [0.15, 0.2) is 6.61 Å². The van der Waals surface area contributed by atoms with Crippen molar-refractivity contribution in [2.24, 2.45) is 0 Å². The zero-order valence-electron chi connectivity index (χ0n) is 28.8. The summed E-state index contributed by atoms with van der Waals surface area (Å²) >= 11 is 0. The second-order valence-corrected chi connectivity index (χ2v) is 12.5. The lowest BCUT2D eigenvalue weighted by Gasteiger charge is -2.23. The number of nitrogens with one attached hydrogen (secondary N) is 2. The maximum Gasteiger partial charge on any atom is 0.407 e. The van der Waals surface area contributed by atoms with E-state index in [2.05, 4.69) is 60.9 Å². The van der Waals surface area contributed by atoms with E-state index in [0.29, 0.717) is 29.7 Å². The number of hydrogen-bond donors (Lipinski definition) is 2. The average molecular weight is 671 g/mol. The molecule has 0 saturated heterocycles. The number of amides is 2. The molecule has 0 aromatic heterocycles. The predicted molar refractivity (Wildman–Crippen MR) is 194 cm³/mol. The van der Waals surface area contributed by atoms with Gasteiger partial charge < -0.3 is 29.6 Å². The molecule has 0 saturated carbocycles. The maximum atomic E-state index is 13.5. The summed E-state index contributed by atoms with van der Waals surface area (Å²) in [6, 6.07) is 36.8. The molecular weight excluding hydrogens is 628 g/mol. The third kappa shape index (κ3) is 7.76. The third-order valence-electron chi connectivity index (χ3n) is 9.08. The van der Waals surface area contributed by atoms with Crippen LogP contribution in [0.25, 0.3) is 11.1 Å². The van der Waals surface area contributed by atoms with E-state index < -0.39 is 12.1 Å². The molecule has 256 valence electrons. The Balaban J connectivity index is 1.13. The van der Waals surface area contributed by atoms with Crippen molar-refractivity contribution in [3.8, 4) is 28.4 Å². The van der Waals surface area contributed by atoms with Gasteiger partial charge in [0.2, 0.25) is 0 Å². The summed E-state index contributed by atoms with van der Waals surface area (Å²) in [5.41, 5.74) is 8.37. The van der Waals surface area contributed by atoms with Crippen LogP contribution in [-0.2, 0) is 16.1 Å². The molecule has 1 aliphatic rings. The molecule has 2 amide bonds. The van der Waals surface area contributed by atoms with Crippen LogP contribution < -0.4 is 24.8 Å². The van der Waals surface area contributed by atoms with Gasteiger partial charge in [-0.15, -0.1) is 0 Å². The van der Waals surface area contributed by atoms with Gasteiger partial charge in [-0.1, -0.05) is 98.8 Å². The highest BCUT2D eigenvalue weighted by Gasteiger charge is 2.30. The summed E-state index contributed by atoms with van der Waals surface area (Å²) in [6.07, 6.45) is -0.564. The van der Waals surface area contributed by atoms with Gasteiger partial charge in [0.05, 0.1) is 20.3 Å². The van der Waals surface area contributed by atoms with Crippen molar-refractivity contribution >= 4 is 12.0 Å². The number of benzene rings is 5. The van der Waals surface area contributed by atoms with E-state index in [4.69, 9.17) is 18.9 Å². The van der Waals surface area contributed by atoms with Crippen molar-refractivity contribution in [2.75, 3.05) is 27.4 Å². The smallest absolute Gasteiger partial charge is 0.407 e. The van der Waals surface area contributed by atoms with Crippen molar-refractivity contribution in [2.45, 2.75) is 38.3 Å². The second kappa shape index (κ2) is 15.6. The van der Waals surface area contributed by atoms with Crippen LogP contribution in [0.3, 0.4) is 0 Å². The number of hydrogen-bond acceptors (Lipinski definition) is 6. The molecule has 1 aliphatic carbocycles. The summed E-state index contributed by atoms with van der Waals surface area (Å²) in [4.78, 5) is 26.0. The molecule has 0 spiro atoms. The first kappa shape index (κ1) is 34.1. The quantitative estimate of drug-likeness (QED) is 0.131. The number of carbonyl (C=O) groups excluding carboxylic acids is 2. The van der Waals surface area contributed by atoms with Crippen LogP contribution in [0, 0.1) is 0 Å². The van der Waals surface area contributed by atoms with E-state index in [-0.39, 0.29) is 25.0 Å². The number of ether oxygens (including phenoxy) is 4. The molecule has 0 heterocycles. The highest BCUT2D eigenvalue weighted by Crippen LogP contribution is 2.44. The van der Waals surface area contributed by atoms with Crippen LogP contribution in [0.4, 0.5) is 4.79 Å². The minimum Gasteiger partial charge on any atom is -0.497 e. The predicted octanol–water partition coefficient (Wildman–Crippen LogP) is 8.15. The number of alkyl carbamates (subject to hydrolysis) is 1. The van der Waals surface area contributed by atoms with E-state index in [0.717, 1.165) is 38.9 Å². The Labute approximate surface area is 293 Å². The summed E-state index contributed by atoms with van der Waals surface area (Å²) in [7, 11) is 3.16. The Bertz CT molecular complexity index is 1890. The Morgan fingerprint density at radius 3 is 1.96 bits per heavy atom. The van der Waals surface area contributed by atoms with Crippen LogP contribution in [0.1, 0.15) is 65.1 Å². The fourth-order valence-electron chi connectivity index (χ4n) is 6.33. The van der Waals surface area contributed by atoms with Gasteiger partial charge in [0, 0.05) is 24.1 Å². The molecule has 0 fully saturated rings. The Kier molecular flexibility index (Phi) is 10.7. The van der Waals surface area contributed by atoms with Crippen molar-refractivity contribution in [3.05, 3.63) is 149 Å². The third-order valence-corrected chi connectivity index (χ3v) is 9.08. The maximum absolute atomic E-state index is 13.5. The van der Waals surface area contributed by atoms with Gasteiger partial charge in [-0.2, -0.15) is 0 Å². The summed E-state index contributed by atoms with van der Waals surface area (Å²) in [5.74, 6) is 1.85. The Morgan fingerprint density at radius 2 is 1.34 bits per heavy atom. The molecule has 50 heavy (non-hydrogen) atoms. The van der Waals surface area contributed by atoms with Gasteiger partial charge in [0.25, 0.3) is 5.91 Å². The number of fused-ring (bicyclic) bond motifs is 3. The van der Waals surface area contributed by atoms with Crippen molar-refractivity contribution in [1.29, 1.82) is 0 Å². The zero-order valence-corrected chi connectivity index (χ0v) is 28.8. The molecule has 1 unspecified atom stereocenters. The molecule has 0 bridgehead atoms. The number of rotatable bonds is 13. The Morgan fingerprint density at radius 1 is 0.720 bits per heavy atom.